The fourth-order valence-electron chi connectivity index (χ4n) is 4.03. The number of H-pyrrole nitrogens is 1. The maximum Gasteiger partial charge on any atom is 0.0898 e. The number of nitrogens with one attached hydrogen (secondary N) is 2. The summed E-state index contributed by atoms with van der Waals surface area (Å²) in [5, 5.41) is 21.9. The highest BCUT2D eigenvalue weighted by Gasteiger charge is 2.34. The predicted molar refractivity (Wildman–Crippen MR) is 81.2 cm³/mol. The van der Waals surface area contributed by atoms with E-state index in [0.717, 1.165) is 52.0 Å². The molecule has 4 rings (SSSR count). The molecule has 1 aromatic heterocycles. The summed E-state index contributed by atoms with van der Waals surface area (Å²) in [6.45, 7) is 4.55. The molecule has 21 heavy (non-hydrogen) atoms. The summed E-state index contributed by atoms with van der Waals surface area (Å²) in [5.41, 5.74) is 3.53. The van der Waals surface area contributed by atoms with E-state index in [1.54, 1.807) is 0 Å². The molecule has 0 unspecified atom stereocenters. The van der Waals surface area contributed by atoms with Crippen LogP contribution in [0.3, 0.4) is 0 Å². The van der Waals surface area contributed by atoms with E-state index in [1.165, 1.54) is 36.2 Å². The fraction of sp³-hybridized carbons (Fsp3) is 0.812. The number of rotatable bonds is 3. The molecular weight excluding hydrogens is 264 g/mol. The van der Waals surface area contributed by atoms with Crippen molar-refractivity contribution in [2.75, 3.05) is 26.2 Å². The maximum absolute atomic E-state index is 10.7. The maximum atomic E-state index is 10.7. The zero-order chi connectivity index (χ0) is 14.3. The van der Waals surface area contributed by atoms with Gasteiger partial charge in [0.25, 0.3) is 0 Å². The third-order valence-electron chi connectivity index (χ3n) is 5.50. The van der Waals surface area contributed by atoms with Crippen LogP contribution in [0.1, 0.15) is 55.0 Å². The molecule has 1 saturated heterocycles. The van der Waals surface area contributed by atoms with Crippen LogP contribution in [0.5, 0.6) is 0 Å². The molecule has 3 N–H and O–H groups in total. The fourth-order valence-corrected chi connectivity index (χ4v) is 4.03. The van der Waals surface area contributed by atoms with Crippen LogP contribution in [0.2, 0.25) is 0 Å². The monoisotopic (exact) mass is 290 g/mol. The summed E-state index contributed by atoms with van der Waals surface area (Å²) in [6, 6.07) is 0. The summed E-state index contributed by atoms with van der Waals surface area (Å²) in [7, 11) is 0. The molecule has 2 aliphatic heterocycles. The van der Waals surface area contributed by atoms with Gasteiger partial charge in [-0.05, 0) is 32.2 Å². The van der Waals surface area contributed by atoms with Crippen LogP contribution < -0.4 is 5.32 Å². The van der Waals surface area contributed by atoms with E-state index in [2.05, 4.69) is 20.4 Å². The molecule has 1 saturated carbocycles. The zero-order valence-corrected chi connectivity index (χ0v) is 12.7. The molecule has 1 aliphatic carbocycles. The summed E-state index contributed by atoms with van der Waals surface area (Å²) in [4.78, 5) is 2.42. The van der Waals surface area contributed by atoms with Crippen LogP contribution >= 0.6 is 0 Å². The molecule has 3 heterocycles. The van der Waals surface area contributed by atoms with Crippen molar-refractivity contribution in [3.05, 3.63) is 17.0 Å². The average molecular weight is 290 g/mol. The molecule has 0 bridgehead atoms. The van der Waals surface area contributed by atoms with Gasteiger partial charge in [-0.25, -0.2) is 0 Å². The Morgan fingerprint density at radius 3 is 2.95 bits per heavy atom. The van der Waals surface area contributed by atoms with Crippen molar-refractivity contribution >= 4 is 0 Å². The Hall–Kier alpha value is -0.910. The van der Waals surface area contributed by atoms with Crippen LogP contribution in [0, 0.1) is 0 Å². The highest BCUT2D eigenvalue weighted by molar-refractivity contribution is 5.31. The number of hydrogen-bond donors (Lipinski definition) is 3. The minimum Gasteiger partial charge on any atom is -0.387 e. The van der Waals surface area contributed by atoms with Gasteiger partial charge in [-0.2, -0.15) is 5.10 Å². The van der Waals surface area contributed by atoms with Gasteiger partial charge in [0.15, 0.2) is 0 Å². The van der Waals surface area contributed by atoms with Gasteiger partial charge < -0.3 is 10.4 Å². The largest absolute Gasteiger partial charge is 0.387 e. The SMILES string of the molecule is O[C@@]1(CN2CCc3[nH]nc(C4CCC4)c3C2)CCCNC1. The van der Waals surface area contributed by atoms with E-state index in [0.29, 0.717) is 5.92 Å². The first kappa shape index (κ1) is 13.7. The van der Waals surface area contributed by atoms with Crippen molar-refractivity contribution < 1.29 is 5.11 Å². The quantitative estimate of drug-likeness (QED) is 0.781. The summed E-state index contributed by atoms with van der Waals surface area (Å²) < 4.78 is 0. The molecule has 0 radical (unpaired) electrons. The van der Waals surface area contributed by atoms with Crippen molar-refractivity contribution in [1.82, 2.24) is 20.4 Å². The molecule has 0 amide bonds. The van der Waals surface area contributed by atoms with Gasteiger partial charge in [-0.1, -0.05) is 6.42 Å². The van der Waals surface area contributed by atoms with Gasteiger partial charge in [-0.3, -0.25) is 10.00 Å². The van der Waals surface area contributed by atoms with E-state index in [9.17, 15) is 5.11 Å². The van der Waals surface area contributed by atoms with Crippen molar-refractivity contribution in [3.63, 3.8) is 0 Å². The molecule has 1 aromatic rings. The third-order valence-corrected chi connectivity index (χ3v) is 5.50. The van der Waals surface area contributed by atoms with Crippen molar-refractivity contribution in [3.8, 4) is 0 Å². The number of nitrogens with zero attached hydrogens (tertiary/aromatic N) is 2. The number of aromatic nitrogens is 2. The van der Waals surface area contributed by atoms with E-state index >= 15 is 0 Å². The average Bonchev–Trinajstić information content (AvgIpc) is 2.81. The zero-order valence-electron chi connectivity index (χ0n) is 12.7. The van der Waals surface area contributed by atoms with Crippen LogP contribution in [-0.4, -0.2) is 52.0 Å². The first-order valence-electron chi connectivity index (χ1n) is 8.45. The number of fused-ring (bicyclic) bond motifs is 1. The van der Waals surface area contributed by atoms with Crippen molar-refractivity contribution in [1.29, 1.82) is 0 Å². The van der Waals surface area contributed by atoms with Crippen LogP contribution in [-0.2, 0) is 13.0 Å². The van der Waals surface area contributed by atoms with Crippen LogP contribution in [0.25, 0.3) is 0 Å². The highest BCUT2D eigenvalue weighted by Crippen LogP contribution is 2.39. The van der Waals surface area contributed by atoms with E-state index in [4.69, 9.17) is 0 Å². The molecular formula is C16H26N4O. The molecule has 3 aliphatic rings. The second kappa shape index (κ2) is 5.38. The Morgan fingerprint density at radius 2 is 2.24 bits per heavy atom. The second-order valence-electron chi connectivity index (χ2n) is 7.16. The lowest BCUT2D eigenvalue weighted by molar-refractivity contribution is -0.0186. The Labute approximate surface area is 126 Å². The Balaban J connectivity index is 1.46. The van der Waals surface area contributed by atoms with Crippen molar-refractivity contribution in [2.24, 2.45) is 0 Å². The van der Waals surface area contributed by atoms with E-state index < -0.39 is 5.60 Å². The Kier molecular flexibility index (Phi) is 3.52. The van der Waals surface area contributed by atoms with Gasteiger partial charge in [0.05, 0.1) is 11.3 Å². The number of aromatic amines is 1. The van der Waals surface area contributed by atoms with E-state index in [-0.39, 0.29) is 0 Å². The lowest BCUT2D eigenvalue weighted by Gasteiger charge is -2.39. The standard InChI is InChI=1S/C16H26N4O/c21-16(6-2-7-17-10-16)11-20-8-5-14-13(9-20)15(19-18-14)12-3-1-4-12/h12,17,21H,1-11H2,(H,18,19)/t16-/m0/s1. The molecule has 5 nitrogen and oxygen atoms in total. The number of aliphatic hydroxyl groups is 1. The summed E-state index contributed by atoms with van der Waals surface area (Å²) >= 11 is 0. The lowest BCUT2D eigenvalue weighted by atomic mass is 9.80. The number of β-amino-alcohol motifs (C(OH)–C–C–N with tert-alkyl or cyclic N) is 1. The Bertz CT molecular complexity index is 502. The topological polar surface area (TPSA) is 64.2 Å². The van der Waals surface area contributed by atoms with Crippen LogP contribution in [0.4, 0.5) is 0 Å². The van der Waals surface area contributed by atoms with Gasteiger partial charge in [0, 0.05) is 49.8 Å². The van der Waals surface area contributed by atoms with Crippen LogP contribution in [0.15, 0.2) is 0 Å². The predicted octanol–water partition coefficient (Wildman–Crippen LogP) is 1.15. The smallest absolute Gasteiger partial charge is 0.0898 e. The molecule has 0 aromatic carbocycles. The number of hydrogen-bond acceptors (Lipinski definition) is 4. The molecule has 2 fully saturated rings. The summed E-state index contributed by atoms with van der Waals surface area (Å²) in [5.74, 6) is 0.685. The number of piperidine rings is 1. The van der Waals surface area contributed by atoms with Gasteiger partial charge in [-0.15, -0.1) is 0 Å². The minimum atomic E-state index is -0.546. The second-order valence-corrected chi connectivity index (χ2v) is 7.16. The summed E-state index contributed by atoms with van der Waals surface area (Å²) in [6.07, 6.45) is 6.98. The van der Waals surface area contributed by atoms with Crippen molar-refractivity contribution in [2.45, 2.75) is 56.6 Å². The Morgan fingerprint density at radius 1 is 1.33 bits per heavy atom. The molecule has 5 heteroatoms. The minimum absolute atomic E-state index is 0.546. The molecule has 1 atom stereocenters. The normalized spacial score (nSPS) is 30.9. The third kappa shape index (κ3) is 2.62. The van der Waals surface area contributed by atoms with Gasteiger partial charge in [0.2, 0.25) is 0 Å². The first-order chi connectivity index (χ1) is 10.2. The van der Waals surface area contributed by atoms with Gasteiger partial charge in [0.1, 0.15) is 0 Å². The first-order valence-corrected chi connectivity index (χ1v) is 8.45. The highest BCUT2D eigenvalue weighted by atomic mass is 16.3. The van der Waals surface area contributed by atoms with Gasteiger partial charge >= 0.3 is 0 Å². The molecule has 116 valence electrons. The lowest BCUT2D eigenvalue weighted by Crippen LogP contribution is -2.53. The van der Waals surface area contributed by atoms with E-state index in [1.807, 2.05) is 0 Å². The molecule has 0 spiro atoms.